The molecule has 2 saturated heterocycles. The van der Waals surface area contributed by atoms with Crippen LogP contribution in [0.15, 0.2) is 48.8 Å². The number of cyclic esters (lactones) is 1. The summed E-state index contributed by atoms with van der Waals surface area (Å²) in [6.07, 6.45) is 6.49. The molecule has 7 nitrogen and oxygen atoms in total. The van der Waals surface area contributed by atoms with E-state index in [0.717, 1.165) is 25.9 Å². The van der Waals surface area contributed by atoms with Gasteiger partial charge >= 0.3 is 5.97 Å². The summed E-state index contributed by atoms with van der Waals surface area (Å²) in [5.41, 5.74) is 0.893. The number of rotatable bonds is 7. The molecule has 7 heteroatoms. The number of carbonyl (C=O) groups is 2. The van der Waals surface area contributed by atoms with E-state index in [0.29, 0.717) is 25.9 Å². The van der Waals surface area contributed by atoms with Crippen LogP contribution in [0.4, 0.5) is 0 Å². The Morgan fingerprint density at radius 1 is 1.23 bits per heavy atom. The van der Waals surface area contributed by atoms with Crippen molar-refractivity contribution < 1.29 is 14.3 Å². The van der Waals surface area contributed by atoms with E-state index in [9.17, 15) is 9.59 Å². The van der Waals surface area contributed by atoms with E-state index in [4.69, 9.17) is 4.74 Å². The minimum Gasteiger partial charge on any atom is -0.461 e. The molecule has 2 aliphatic heterocycles. The molecule has 1 spiro atoms. The van der Waals surface area contributed by atoms with Gasteiger partial charge in [-0.3, -0.25) is 14.3 Å². The van der Waals surface area contributed by atoms with Gasteiger partial charge in [-0.25, -0.2) is 0 Å². The molecule has 1 unspecified atom stereocenters. The van der Waals surface area contributed by atoms with Gasteiger partial charge in [-0.1, -0.05) is 30.3 Å². The van der Waals surface area contributed by atoms with Crippen LogP contribution in [0.25, 0.3) is 0 Å². The standard InChI is InChI=1S/C23H30N4O3/c1-25(13-8-19-6-3-2-4-7-19)17-20-16-23(22(29)30-20)9-14-26(15-10-23)21(28)18-27-12-5-11-24-27/h2-7,11-12,20H,8-10,13-18H2,1H3. The Hall–Kier alpha value is -2.67. The predicted octanol–water partition coefficient (Wildman–Crippen LogP) is 1.98. The highest BCUT2D eigenvalue weighted by atomic mass is 16.6. The third kappa shape index (κ3) is 4.73. The Labute approximate surface area is 177 Å². The summed E-state index contributed by atoms with van der Waals surface area (Å²) >= 11 is 0. The van der Waals surface area contributed by atoms with E-state index in [1.807, 2.05) is 17.0 Å². The van der Waals surface area contributed by atoms with Gasteiger partial charge in [-0.15, -0.1) is 0 Å². The van der Waals surface area contributed by atoms with Gasteiger partial charge in [0.15, 0.2) is 0 Å². The van der Waals surface area contributed by atoms with Crippen LogP contribution in [-0.4, -0.2) is 70.8 Å². The summed E-state index contributed by atoms with van der Waals surface area (Å²) in [6, 6.07) is 12.2. The Balaban J connectivity index is 1.25. The molecule has 0 saturated carbocycles. The minimum atomic E-state index is -0.423. The van der Waals surface area contributed by atoms with Crippen LogP contribution >= 0.6 is 0 Å². The zero-order chi connectivity index (χ0) is 21.0. The Morgan fingerprint density at radius 2 is 2.00 bits per heavy atom. The molecule has 0 N–H and O–H groups in total. The highest BCUT2D eigenvalue weighted by molar-refractivity contribution is 5.80. The first-order chi connectivity index (χ1) is 14.5. The van der Waals surface area contributed by atoms with Gasteiger partial charge in [0.05, 0.1) is 5.41 Å². The fraction of sp³-hybridized carbons (Fsp3) is 0.522. The van der Waals surface area contributed by atoms with Crippen LogP contribution in [0.1, 0.15) is 24.8 Å². The van der Waals surface area contributed by atoms with Crippen LogP contribution in [0, 0.1) is 5.41 Å². The lowest BCUT2D eigenvalue weighted by molar-refractivity contribution is -0.153. The zero-order valence-electron chi connectivity index (χ0n) is 17.6. The van der Waals surface area contributed by atoms with Gasteiger partial charge < -0.3 is 14.5 Å². The molecule has 1 amide bonds. The molecule has 2 aliphatic rings. The molecular formula is C23H30N4O3. The van der Waals surface area contributed by atoms with Crippen LogP contribution in [0.3, 0.4) is 0 Å². The highest BCUT2D eigenvalue weighted by Crippen LogP contribution is 2.43. The fourth-order valence-electron chi connectivity index (χ4n) is 4.57. The van der Waals surface area contributed by atoms with Gasteiger partial charge in [-0.2, -0.15) is 5.10 Å². The first-order valence-electron chi connectivity index (χ1n) is 10.7. The third-order valence-electron chi connectivity index (χ3n) is 6.40. The number of aromatic nitrogens is 2. The van der Waals surface area contributed by atoms with Crippen LogP contribution in [0.2, 0.25) is 0 Å². The number of amides is 1. The Kier molecular flexibility index (Phi) is 6.18. The van der Waals surface area contributed by atoms with Crippen LogP contribution < -0.4 is 0 Å². The number of hydrogen-bond donors (Lipinski definition) is 0. The number of piperidine rings is 1. The maximum absolute atomic E-state index is 12.7. The largest absolute Gasteiger partial charge is 0.461 e. The van der Waals surface area contributed by atoms with E-state index in [2.05, 4.69) is 41.3 Å². The predicted molar refractivity (Wildman–Crippen MR) is 113 cm³/mol. The second kappa shape index (κ2) is 9.00. The van der Waals surface area contributed by atoms with Crippen molar-refractivity contribution in [2.45, 2.75) is 38.3 Å². The topological polar surface area (TPSA) is 67.7 Å². The molecule has 4 rings (SSSR count). The quantitative estimate of drug-likeness (QED) is 0.653. The van der Waals surface area contributed by atoms with Crippen molar-refractivity contribution in [3.63, 3.8) is 0 Å². The number of likely N-dealkylation sites (tertiary alicyclic amines) is 1. The summed E-state index contributed by atoms with van der Waals surface area (Å²) in [6.45, 7) is 3.14. The lowest BCUT2D eigenvalue weighted by atomic mass is 9.76. The monoisotopic (exact) mass is 410 g/mol. The van der Waals surface area contributed by atoms with Gasteiger partial charge in [-0.05, 0) is 37.9 Å². The van der Waals surface area contributed by atoms with E-state index in [1.54, 1.807) is 17.1 Å². The summed E-state index contributed by atoms with van der Waals surface area (Å²) in [7, 11) is 2.08. The SMILES string of the molecule is CN(CCc1ccccc1)CC1CC2(CCN(C(=O)Cn3cccn3)CC2)C(=O)O1. The lowest BCUT2D eigenvalue weighted by Gasteiger charge is -2.36. The van der Waals surface area contributed by atoms with Crippen molar-refractivity contribution in [2.24, 2.45) is 5.41 Å². The lowest BCUT2D eigenvalue weighted by Crippen LogP contribution is -2.46. The molecule has 1 aromatic carbocycles. The van der Waals surface area contributed by atoms with Gasteiger partial charge in [0.1, 0.15) is 12.6 Å². The van der Waals surface area contributed by atoms with Crippen molar-refractivity contribution in [3.05, 3.63) is 54.4 Å². The second-order valence-electron chi connectivity index (χ2n) is 8.59. The molecule has 2 fully saturated rings. The first-order valence-corrected chi connectivity index (χ1v) is 10.7. The number of ether oxygens (including phenoxy) is 1. The number of benzene rings is 1. The van der Waals surface area contributed by atoms with E-state index in [-0.39, 0.29) is 24.5 Å². The van der Waals surface area contributed by atoms with Crippen molar-refractivity contribution >= 4 is 11.9 Å². The van der Waals surface area contributed by atoms with Crippen LogP contribution in [0.5, 0.6) is 0 Å². The summed E-state index contributed by atoms with van der Waals surface area (Å²) in [5.74, 6) is -0.0276. The summed E-state index contributed by atoms with van der Waals surface area (Å²) in [5, 5.41) is 4.10. The molecular weight excluding hydrogens is 380 g/mol. The van der Waals surface area contributed by atoms with Gasteiger partial charge in [0.25, 0.3) is 0 Å². The average molecular weight is 411 g/mol. The van der Waals surface area contributed by atoms with E-state index in [1.165, 1.54) is 5.56 Å². The number of carbonyl (C=O) groups excluding carboxylic acids is 2. The van der Waals surface area contributed by atoms with Crippen molar-refractivity contribution in [2.75, 3.05) is 33.2 Å². The molecule has 0 aliphatic carbocycles. The van der Waals surface area contributed by atoms with E-state index < -0.39 is 5.41 Å². The first kappa shape index (κ1) is 20.6. The molecule has 2 aromatic rings. The summed E-state index contributed by atoms with van der Waals surface area (Å²) < 4.78 is 7.40. The van der Waals surface area contributed by atoms with Gasteiger partial charge in [0, 0.05) is 45.0 Å². The highest BCUT2D eigenvalue weighted by Gasteiger charge is 2.50. The number of esters is 1. The number of nitrogens with zero attached hydrogens (tertiary/aromatic N) is 4. The molecule has 1 aromatic heterocycles. The van der Waals surface area contributed by atoms with Crippen molar-refractivity contribution in [1.82, 2.24) is 19.6 Å². The maximum atomic E-state index is 12.7. The molecule has 1 atom stereocenters. The Bertz CT molecular complexity index is 845. The number of likely N-dealkylation sites (N-methyl/N-ethyl adjacent to an activating group) is 1. The maximum Gasteiger partial charge on any atom is 0.312 e. The number of hydrogen-bond acceptors (Lipinski definition) is 5. The molecule has 0 radical (unpaired) electrons. The van der Waals surface area contributed by atoms with Crippen molar-refractivity contribution in [1.29, 1.82) is 0 Å². The van der Waals surface area contributed by atoms with Gasteiger partial charge in [0.2, 0.25) is 5.91 Å². The molecule has 3 heterocycles. The average Bonchev–Trinajstić information content (AvgIpc) is 3.36. The van der Waals surface area contributed by atoms with Crippen molar-refractivity contribution in [3.8, 4) is 0 Å². The molecule has 0 bridgehead atoms. The molecule has 30 heavy (non-hydrogen) atoms. The minimum absolute atomic E-state index is 0.0529. The van der Waals surface area contributed by atoms with Crippen LogP contribution in [-0.2, 0) is 27.3 Å². The smallest absolute Gasteiger partial charge is 0.312 e. The third-order valence-corrected chi connectivity index (χ3v) is 6.40. The normalized spacial score (nSPS) is 20.7. The summed E-state index contributed by atoms with van der Waals surface area (Å²) in [4.78, 5) is 29.3. The second-order valence-corrected chi connectivity index (χ2v) is 8.59. The molecule has 160 valence electrons. The zero-order valence-corrected chi connectivity index (χ0v) is 17.6. The fourth-order valence-corrected chi connectivity index (χ4v) is 4.57. The van der Waals surface area contributed by atoms with E-state index >= 15 is 0 Å². The Morgan fingerprint density at radius 3 is 2.70 bits per heavy atom.